The van der Waals surface area contributed by atoms with Crippen molar-refractivity contribution in [2.24, 2.45) is 0 Å². The van der Waals surface area contributed by atoms with Gasteiger partial charge in [-0.05, 0) is 57.2 Å². The van der Waals surface area contributed by atoms with Crippen LogP contribution in [0.3, 0.4) is 0 Å². The largest absolute Gasteiger partial charge is 0.379 e. The minimum absolute atomic E-state index is 0.0704. The fourth-order valence-corrected chi connectivity index (χ4v) is 6.16. The van der Waals surface area contributed by atoms with E-state index < -0.39 is 10.0 Å². The van der Waals surface area contributed by atoms with Crippen LogP contribution >= 0.6 is 0 Å². The van der Waals surface area contributed by atoms with Gasteiger partial charge >= 0.3 is 0 Å². The molecule has 1 unspecified atom stereocenters. The highest BCUT2D eigenvalue weighted by Gasteiger charge is 2.28. The van der Waals surface area contributed by atoms with Crippen molar-refractivity contribution >= 4 is 27.3 Å². The first-order valence-electron chi connectivity index (χ1n) is 11.5. The monoisotopic (exact) mass is 450 g/mol. The molecule has 3 aliphatic rings. The summed E-state index contributed by atoms with van der Waals surface area (Å²) in [6.45, 7) is 6.52. The molecule has 1 atom stereocenters. The number of piperidine rings is 1. The second kappa shape index (κ2) is 9.75. The highest BCUT2D eigenvalue weighted by Crippen LogP contribution is 2.32. The van der Waals surface area contributed by atoms with Gasteiger partial charge in [-0.25, -0.2) is 8.42 Å². The number of nitrogens with one attached hydrogen (secondary N) is 1. The topological polar surface area (TPSA) is 82.2 Å². The summed E-state index contributed by atoms with van der Waals surface area (Å²) in [6.07, 6.45) is 5.49. The number of sulfonamides is 1. The maximum atomic E-state index is 13.2. The first-order valence-corrected chi connectivity index (χ1v) is 12.9. The van der Waals surface area contributed by atoms with Crippen molar-refractivity contribution in [3.63, 3.8) is 0 Å². The van der Waals surface area contributed by atoms with Crippen molar-refractivity contribution in [2.45, 2.75) is 50.0 Å². The molecule has 31 heavy (non-hydrogen) atoms. The highest BCUT2D eigenvalue weighted by atomic mass is 32.2. The molecule has 0 aromatic heterocycles. The van der Waals surface area contributed by atoms with Gasteiger partial charge in [0, 0.05) is 38.8 Å². The van der Waals surface area contributed by atoms with E-state index in [9.17, 15) is 13.2 Å². The summed E-state index contributed by atoms with van der Waals surface area (Å²) in [7, 11) is -3.59. The van der Waals surface area contributed by atoms with Crippen LogP contribution in [0.5, 0.6) is 0 Å². The molecular weight excluding hydrogens is 416 g/mol. The highest BCUT2D eigenvalue weighted by molar-refractivity contribution is 7.89. The first kappa shape index (κ1) is 22.4. The predicted octanol–water partition coefficient (Wildman–Crippen LogP) is 2.12. The predicted molar refractivity (Wildman–Crippen MR) is 121 cm³/mol. The normalized spacial score (nSPS) is 23.2. The van der Waals surface area contributed by atoms with Crippen LogP contribution in [0.2, 0.25) is 0 Å². The summed E-state index contributed by atoms with van der Waals surface area (Å²) >= 11 is 0. The molecular formula is C22H34N4O4S. The number of hydrogen-bond donors (Lipinski definition) is 1. The number of amides is 1. The average Bonchev–Trinajstić information content (AvgIpc) is 3.33. The number of nitrogens with zero attached hydrogens (tertiary/aromatic N) is 3. The summed E-state index contributed by atoms with van der Waals surface area (Å²) in [6, 6.07) is 5.53. The summed E-state index contributed by atoms with van der Waals surface area (Å²) < 4.78 is 33.1. The zero-order chi connectivity index (χ0) is 21.8. The van der Waals surface area contributed by atoms with Crippen molar-refractivity contribution in [1.82, 2.24) is 9.21 Å². The zero-order valence-electron chi connectivity index (χ0n) is 18.4. The van der Waals surface area contributed by atoms with Crippen molar-refractivity contribution in [2.75, 3.05) is 62.7 Å². The van der Waals surface area contributed by atoms with E-state index in [1.807, 2.05) is 11.0 Å². The van der Waals surface area contributed by atoms with E-state index in [-0.39, 0.29) is 23.4 Å². The van der Waals surface area contributed by atoms with E-state index >= 15 is 0 Å². The average molecular weight is 451 g/mol. The lowest BCUT2D eigenvalue weighted by Crippen LogP contribution is -2.44. The van der Waals surface area contributed by atoms with Gasteiger partial charge < -0.3 is 19.9 Å². The maximum Gasteiger partial charge on any atom is 0.243 e. The molecule has 3 aliphatic heterocycles. The van der Waals surface area contributed by atoms with Gasteiger partial charge in [0.05, 0.1) is 36.0 Å². The third kappa shape index (κ3) is 4.99. The van der Waals surface area contributed by atoms with Gasteiger partial charge in [0.2, 0.25) is 15.9 Å². The van der Waals surface area contributed by atoms with Crippen LogP contribution in [0.25, 0.3) is 0 Å². The van der Waals surface area contributed by atoms with Gasteiger partial charge in [-0.15, -0.1) is 0 Å². The summed E-state index contributed by atoms with van der Waals surface area (Å²) in [4.78, 5) is 17.3. The Hall–Kier alpha value is -1.84. The Morgan fingerprint density at radius 3 is 2.48 bits per heavy atom. The number of anilines is 2. The van der Waals surface area contributed by atoms with E-state index in [2.05, 4.69) is 17.1 Å². The zero-order valence-corrected chi connectivity index (χ0v) is 19.2. The molecule has 0 bridgehead atoms. The summed E-state index contributed by atoms with van der Waals surface area (Å²) in [5.74, 6) is 0.0704. The van der Waals surface area contributed by atoms with E-state index in [1.165, 1.54) is 10.7 Å². The summed E-state index contributed by atoms with van der Waals surface area (Å²) in [5, 5.41) is 3.28. The maximum absolute atomic E-state index is 13.2. The van der Waals surface area contributed by atoms with Gasteiger partial charge in [-0.1, -0.05) is 0 Å². The van der Waals surface area contributed by atoms with Crippen LogP contribution in [-0.2, 0) is 19.6 Å². The van der Waals surface area contributed by atoms with E-state index in [1.54, 1.807) is 12.1 Å². The number of morpholine rings is 1. The van der Waals surface area contributed by atoms with E-state index in [4.69, 9.17) is 4.74 Å². The SMILES string of the molecule is CC1CCCCN1C(=O)CNc1cc(S(=O)(=O)N2CCOCC2)ccc1N1CCCC1. The Balaban J connectivity index is 1.56. The quantitative estimate of drug-likeness (QED) is 0.715. The lowest BCUT2D eigenvalue weighted by atomic mass is 10.0. The Labute approximate surface area is 185 Å². The molecule has 0 radical (unpaired) electrons. The number of rotatable bonds is 6. The molecule has 0 spiro atoms. The van der Waals surface area contributed by atoms with Crippen molar-refractivity contribution < 1.29 is 17.9 Å². The molecule has 3 saturated heterocycles. The molecule has 1 N–H and O–H groups in total. The second-order valence-electron chi connectivity index (χ2n) is 8.68. The standard InChI is InChI=1S/C22H34N4O4S/c1-18-6-2-3-11-26(18)22(27)17-23-20-16-19(7-8-21(20)24-9-4-5-10-24)31(28,29)25-12-14-30-15-13-25/h7-8,16,18,23H,2-6,9-15,17H2,1H3. The molecule has 8 nitrogen and oxygen atoms in total. The lowest BCUT2D eigenvalue weighted by Gasteiger charge is -2.34. The van der Waals surface area contributed by atoms with Crippen LogP contribution in [0.1, 0.15) is 39.0 Å². The molecule has 172 valence electrons. The number of carbonyl (C=O) groups excluding carboxylic acids is 1. The van der Waals surface area contributed by atoms with Crippen LogP contribution in [0.4, 0.5) is 11.4 Å². The Morgan fingerprint density at radius 1 is 1.06 bits per heavy atom. The lowest BCUT2D eigenvalue weighted by molar-refractivity contribution is -0.132. The summed E-state index contributed by atoms with van der Waals surface area (Å²) in [5.41, 5.74) is 1.69. The number of hydrogen-bond acceptors (Lipinski definition) is 6. The van der Waals surface area contributed by atoms with E-state index in [0.29, 0.717) is 32.0 Å². The molecule has 0 saturated carbocycles. The van der Waals surface area contributed by atoms with Gasteiger partial charge in [0.15, 0.2) is 0 Å². The number of benzene rings is 1. The van der Waals surface area contributed by atoms with Gasteiger partial charge in [0.25, 0.3) is 0 Å². The molecule has 3 heterocycles. The van der Waals surface area contributed by atoms with Crippen LogP contribution in [0, 0.1) is 0 Å². The molecule has 3 fully saturated rings. The van der Waals surface area contributed by atoms with E-state index in [0.717, 1.165) is 51.0 Å². The Bertz CT molecular complexity index is 879. The Kier molecular flexibility index (Phi) is 7.03. The molecule has 1 aromatic rings. The smallest absolute Gasteiger partial charge is 0.243 e. The van der Waals surface area contributed by atoms with Gasteiger partial charge in [0.1, 0.15) is 0 Å². The molecule has 1 aromatic carbocycles. The number of carbonyl (C=O) groups is 1. The fraction of sp³-hybridized carbons (Fsp3) is 0.682. The third-order valence-electron chi connectivity index (χ3n) is 6.58. The van der Waals surface area contributed by atoms with Crippen molar-refractivity contribution in [3.8, 4) is 0 Å². The van der Waals surface area contributed by atoms with Crippen molar-refractivity contribution in [3.05, 3.63) is 18.2 Å². The van der Waals surface area contributed by atoms with Crippen LogP contribution in [0.15, 0.2) is 23.1 Å². The van der Waals surface area contributed by atoms with Gasteiger partial charge in [-0.2, -0.15) is 4.31 Å². The van der Waals surface area contributed by atoms with Crippen LogP contribution in [-0.4, -0.2) is 82.1 Å². The van der Waals surface area contributed by atoms with Crippen molar-refractivity contribution in [1.29, 1.82) is 0 Å². The first-order chi connectivity index (χ1) is 15.0. The second-order valence-corrected chi connectivity index (χ2v) is 10.6. The molecule has 1 amide bonds. The molecule has 9 heteroatoms. The third-order valence-corrected chi connectivity index (χ3v) is 8.47. The van der Waals surface area contributed by atoms with Crippen LogP contribution < -0.4 is 10.2 Å². The van der Waals surface area contributed by atoms with Gasteiger partial charge in [-0.3, -0.25) is 4.79 Å². The minimum atomic E-state index is -3.59. The molecule has 0 aliphatic carbocycles. The number of likely N-dealkylation sites (tertiary alicyclic amines) is 1. The number of ether oxygens (including phenoxy) is 1. The molecule has 4 rings (SSSR count). The minimum Gasteiger partial charge on any atom is -0.379 e. The fourth-order valence-electron chi connectivity index (χ4n) is 4.73. The Morgan fingerprint density at radius 2 is 1.77 bits per heavy atom.